The summed E-state index contributed by atoms with van der Waals surface area (Å²) in [6.07, 6.45) is -4.50. The van der Waals surface area contributed by atoms with Gasteiger partial charge in [-0.1, -0.05) is 72.3 Å². The summed E-state index contributed by atoms with van der Waals surface area (Å²) >= 11 is 6.82. The standard InChI is InChI=1S/C24H24ClF3N2/c1-29(2)21-16-19(24(26,27)28)15-20(22(21)25)23(30(3)4,17-11-7-5-8-12-17)18-13-9-6-10-14-18/h5-16H,1-4H3. The topological polar surface area (TPSA) is 6.48 Å². The lowest BCUT2D eigenvalue weighted by Gasteiger charge is -2.43. The van der Waals surface area contributed by atoms with Gasteiger partial charge in [-0.25, -0.2) is 0 Å². The molecule has 3 aromatic carbocycles. The summed E-state index contributed by atoms with van der Waals surface area (Å²) in [5, 5.41) is 0.286. The second-order valence-corrected chi connectivity index (χ2v) is 7.96. The number of anilines is 1. The van der Waals surface area contributed by atoms with Crippen molar-refractivity contribution in [1.82, 2.24) is 4.90 Å². The van der Waals surface area contributed by atoms with Crippen LogP contribution in [0, 0.1) is 0 Å². The van der Waals surface area contributed by atoms with Crippen LogP contribution in [0.3, 0.4) is 0 Å². The predicted octanol–water partition coefficient (Wildman–Crippen LogP) is 6.28. The molecular weight excluding hydrogens is 409 g/mol. The highest BCUT2D eigenvalue weighted by atomic mass is 35.5. The molecule has 0 aromatic heterocycles. The quantitative estimate of drug-likeness (QED) is 0.438. The van der Waals surface area contributed by atoms with Crippen molar-refractivity contribution in [3.63, 3.8) is 0 Å². The van der Waals surface area contributed by atoms with Gasteiger partial charge in [-0.3, -0.25) is 4.90 Å². The Morgan fingerprint density at radius 1 is 0.700 bits per heavy atom. The number of nitrogens with zero attached hydrogens (tertiary/aromatic N) is 2. The summed E-state index contributed by atoms with van der Waals surface area (Å²) in [6.45, 7) is 0. The fraction of sp³-hybridized carbons (Fsp3) is 0.250. The van der Waals surface area contributed by atoms with E-state index in [1.165, 1.54) is 6.07 Å². The highest BCUT2D eigenvalue weighted by molar-refractivity contribution is 6.34. The van der Waals surface area contributed by atoms with Gasteiger partial charge in [0.2, 0.25) is 0 Å². The summed E-state index contributed by atoms with van der Waals surface area (Å²) < 4.78 is 41.6. The highest BCUT2D eigenvalue weighted by Crippen LogP contribution is 2.48. The second-order valence-electron chi connectivity index (χ2n) is 7.59. The Bertz CT molecular complexity index is 961. The number of rotatable bonds is 5. The molecule has 6 heteroatoms. The molecule has 0 aliphatic carbocycles. The highest BCUT2D eigenvalue weighted by Gasteiger charge is 2.43. The van der Waals surface area contributed by atoms with Crippen LogP contribution in [-0.2, 0) is 11.7 Å². The Morgan fingerprint density at radius 2 is 1.17 bits per heavy atom. The third kappa shape index (κ3) is 3.80. The van der Waals surface area contributed by atoms with Crippen molar-refractivity contribution < 1.29 is 13.2 Å². The molecule has 30 heavy (non-hydrogen) atoms. The smallest absolute Gasteiger partial charge is 0.376 e. The molecule has 0 heterocycles. The molecule has 0 radical (unpaired) electrons. The average molecular weight is 433 g/mol. The molecule has 0 bridgehead atoms. The monoisotopic (exact) mass is 432 g/mol. The second kappa shape index (κ2) is 8.32. The van der Waals surface area contributed by atoms with Gasteiger partial charge in [-0.2, -0.15) is 13.2 Å². The van der Waals surface area contributed by atoms with Crippen molar-refractivity contribution in [2.75, 3.05) is 33.1 Å². The molecule has 0 unspecified atom stereocenters. The third-order valence-corrected chi connectivity index (χ3v) is 5.70. The maximum atomic E-state index is 13.9. The average Bonchev–Trinajstić information content (AvgIpc) is 2.70. The summed E-state index contributed by atoms with van der Waals surface area (Å²) in [7, 11) is 7.08. The van der Waals surface area contributed by atoms with Crippen molar-refractivity contribution in [3.05, 3.63) is 100 Å². The number of alkyl halides is 3. The molecule has 0 aliphatic rings. The van der Waals surface area contributed by atoms with Crippen LogP contribution in [0.5, 0.6) is 0 Å². The third-order valence-electron chi connectivity index (χ3n) is 5.31. The van der Waals surface area contributed by atoms with Crippen LogP contribution in [0.1, 0.15) is 22.3 Å². The molecule has 3 aromatic rings. The largest absolute Gasteiger partial charge is 0.416 e. The van der Waals surface area contributed by atoms with Crippen molar-refractivity contribution in [1.29, 1.82) is 0 Å². The van der Waals surface area contributed by atoms with Crippen LogP contribution < -0.4 is 4.90 Å². The van der Waals surface area contributed by atoms with E-state index in [2.05, 4.69) is 0 Å². The molecule has 158 valence electrons. The van der Waals surface area contributed by atoms with Crippen LogP contribution in [0.2, 0.25) is 5.02 Å². The Labute approximate surface area is 180 Å². The van der Waals surface area contributed by atoms with Gasteiger partial charge in [0.15, 0.2) is 0 Å². The molecule has 0 saturated heterocycles. The Hall–Kier alpha value is -2.50. The summed E-state index contributed by atoms with van der Waals surface area (Å²) in [4.78, 5) is 3.52. The molecule has 0 fully saturated rings. The van der Waals surface area contributed by atoms with E-state index in [-0.39, 0.29) is 5.02 Å². The summed E-state index contributed by atoms with van der Waals surface area (Å²) in [6, 6.07) is 21.2. The van der Waals surface area contributed by atoms with Crippen molar-refractivity contribution >= 4 is 17.3 Å². The zero-order chi connectivity index (χ0) is 22.1. The molecule has 0 saturated carbocycles. The van der Waals surface area contributed by atoms with E-state index in [0.29, 0.717) is 11.3 Å². The number of halogens is 4. The summed E-state index contributed by atoms with van der Waals surface area (Å²) in [5.74, 6) is 0. The van der Waals surface area contributed by atoms with Crippen LogP contribution >= 0.6 is 11.6 Å². The lowest BCUT2D eigenvalue weighted by atomic mass is 9.75. The van der Waals surface area contributed by atoms with Gasteiger partial charge in [-0.05, 0) is 37.4 Å². The van der Waals surface area contributed by atoms with Crippen molar-refractivity contribution in [2.24, 2.45) is 0 Å². The van der Waals surface area contributed by atoms with Gasteiger partial charge in [0.25, 0.3) is 0 Å². The first-order chi connectivity index (χ1) is 14.1. The first kappa shape index (κ1) is 22.2. The van der Waals surface area contributed by atoms with E-state index in [9.17, 15) is 13.2 Å². The van der Waals surface area contributed by atoms with Gasteiger partial charge in [-0.15, -0.1) is 0 Å². The molecule has 0 atom stereocenters. The molecular formula is C24H24ClF3N2. The zero-order valence-electron chi connectivity index (χ0n) is 17.3. The van der Waals surface area contributed by atoms with E-state index >= 15 is 0 Å². The summed E-state index contributed by atoms with van der Waals surface area (Å²) in [5.41, 5.74) is 0.596. The van der Waals surface area contributed by atoms with Gasteiger partial charge < -0.3 is 4.90 Å². The minimum absolute atomic E-state index is 0.286. The number of hydrogen-bond donors (Lipinski definition) is 0. The first-order valence-electron chi connectivity index (χ1n) is 9.47. The maximum Gasteiger partial charge on any atom is 0.416 e. The van der Waals surface area contributed by atoms with Gasteiger partial charge in [0.05, 0.1) is 21.8 Å². The minimum atomic E-state index is -4.50. The van der Waals surface area contributed by atoms with Crippen LogP contribution in [-0.4, -0.2) is 33.1 Å². The van der Waals surface area contributed by atoms with Gasteiger partial charge >= 0.3 is 6.18 Å². The molecule has 0 aliphatic heterocycles. The van der Waals surface area contributed by atoms with E-state index in [1.807, 2.05) is 79.7 Å². The SMILES string of the molecule is CN(C)c1cc(C(F)(F)F)cc(C(c2ccccc2)(c2ccccc2)N(C)C)c1Cl. The van der Waals surface area contributed by atoms with E-state index in [0.717, 1.165) is 17.2 Å². The molecule has 3 rings (SSSR count). The molecule has 2 nitrogen and oxygen atoms in total. The van der Waals surface area contributed by atoms with E-state index in [1.54, 1.807) is 19.0 Å². The minimum Gasteiger partial charge on any atom is -0.376 e. The lowest BCUT2D eigenvalue weighted by Crippen LogP contribution is -2.44. The Balaban J connectivity index is 2.51. The van der Waals surface area contributed by atoms with Crippen molar-refractivity contribution in [3.8, 4) is 0 Å². The normalized spacial score (nSPS) is 12.3. The fourth-order valence-corrected chi connectivity index (χ4v) is 4.37. The number of hydrogen-bond acceptors (Lipinski definition) is 2. The van der Waals surface area contributed by atoms with Crippen LogP contribution in [0.15, 0.2) is 72.8 Å². The Kier molecular flexibility index (Phi) is 6.16. The molecule has 0 amide bonds. The van der Waals surface area contributed by atoms with E-state index < -0.39 is 17.3 Å². The van der Waals surface area contributed by atoms with Crippen LogP contribution in [0.4, 0.5) is 18.9 Å². The maximum absolute atomic E-state index is 13.9. The predicted molar refractivity (Wildman–Crippen MR) is 117 cm³/mol. The van der Waals surface area contributed by atoms with Crippen molar-refractivity contribution in [2.45, 2.75) is 11.7 Å². The van der Waals surface area contributed by atoms with E-state index in [4.69, 9.17) is 11.6 Å². The fourth-order valence-electron chi connectivity index (χ4n) is 3.96. The van der Waals surface area contributed by atoms with Gasteiger partial charge in [0, 0.05) is 19.7 Å². The lowest BCUT2D eigenvalue weighted by molar-refractivity contribution is -0.137. The first-order valence-corrected chi connectivity index (χ1v) is 9.85. The molecule has 0 N–H and O–H groups in total. The Morgan fingerprint density at radius 3 is 1.53 bits per heavy atom. The van der Waals surface area contributed by atoms with Crippen LogP contribution in [0.25, 0.3) is 0 Å². The van der Waals surface area contributed by atoms with Gasteiger partial charge in [0.1, 0.15) is 0 Å². The number of benzene rings is 3. The zero-order valence-corrected chi connectivity index (χ0v) is 18.1. The molecule has 0 spiro atoms.